The fourth-order valence-corrected chi connectivity index (χ4v) is 4.29. The van der Waals surface area contributed by atoms with Gasteiger partial charge in [-0.3, -0.25) is 4.79 Å². The van der Waals surface area contributed by atoms with Crippen molar-refractivity contribution in [2.24, 2.45) is 16.0 Å². The Kier molecular flexibility index (Phi) is 8.80. The smallest absolute Gasteiger partial charge is 0.312 e. The quantitative estimate of drug-likeness (QED) is 0.353. The van der Waals surface area contributed by atoms with Crippen LogP contribution in [0.5, 0.6) is 11.5 Å². The van der Waals surface area contributed by atoms with Gasteiger partial charge in [-0.2, -0.15) is 0 Å². The van der Waals surface area contributed by atoms with Crippen molar-refractivity contribution in [2.75, 3.05) is 0 Å². The van der Waals surface area contributed by atoms with Crippen LogP contribution in [0.4, 0.5) is 0 Å². The maximum absolute atomic E-state index is 12.6. The zero-order valence-electron chi connectivity index (χ0n) is 21.8. The molecule has 0 aliphatic heterocycles. The highest BCUT2D eigenvalue weighted by Crippen LogP contribution is 2.38. The lowest BCUT2D eigenvalue weighted by Crippen LogP contribution is -2.36. The van der Waals surface area contributed by atoms with Crippen LogP contribution in [0, 0.1) is 22.7 Å². The third-order valence-corrected chi connectivity index (χ3v) is 6.20. The van der Waals surface area contributed by atoms with Gasteiger partial charge in [0.25, 0.3) is 0 Å². The van der Waals surface area contributed by atoms with E-state index in [2.05, 4.69) is 25.7 Å². The Labute approximate surface area is 210 Å². The highest BCUT2D eigenvalue weighted by atomic mass is 32.2. The molecule has 0 bridgehead atoms. The summed E-state index contributed by atoms with van der Waals surface area (Å²) in [6.45, 7) is 13.8. The molecule has 2 N–H and O–H groups in total. The number of nitrogens with two attached hydrogens (primary N) is 1. The molecule has 6 nitrogen and oxygen atoms in total. The van der Waals surface area contributed by atoms with Gasteiger partial charge in [-0.15, -0.1) is 0 Å². The summed E-state index contributed by atoms with van der Waals surface area (Å²) >= 11 is 0. The normalized spacial score (nSPS) is 12.5. The monoisotopic (exact) mass is 499 g/mol. The number of carbonyl (C=O) groups is 1. The van der Waals surface area contributed by atoms with Crippen LogP contribution in [-0.4, -0.2) is 20.0 Å². The molecule has 190 valence electrons. The van der Waals surface area contributed by atoms with E-state index in [-0.39, 0.29) is 16.3 Å². The third-order valence-electron chi connectivity index (χ3n) is 5.27. The molecule has 2 aromatic rings. The zero-order chi connectivity index (χ0) is 26.5. The predicted octanol–water partition coefficient (Wildman–Crippen LogP) is 6.04. The van der Waals surface area contributed by atoms with Gasteiger partial charge in [-0.05, 0) is 101 Å². The first-order chi connectivity index (χ1) is 16.0. The Morgan fingerprint density at radius 1 is 0.886 bits per heavy atom. The molecule has 7 heteroatoms. The van der Waals surface area contributed by atoms with E-state index in [1.807, 2.05) is 58.9 Å². The summed E-state index contributed by atoms with van der Waals surface area (Å²) in [5.41, 5.74) is -0.262. The summed E-state index contributed by atoms with van der Waals surface area (Å²) < 4.78 is 34.0. The van der Waals surface area contributed by atoms with Crippen LogP contribution in [0.15, 0.2) is 53.4 Å². The third kappa shape index (κ3) is 9.75. The Morgan fingerprint density at radius 3 is 1.89 bits per heavy atom. The Hall–Kier alpha value is -2.82. The Morgan fingerprint density at radius 2 is 1.40 bits per heavy atom. The average molecular weight is 500 g/mol. The van der Waals surface area contributed by atoms with Crippen LogP contribution in [0.3, 0.4) is 0 Å². The largest absolute Gasteiger partial charge is 0.460 e. The summed E-state index contributed by atoms with van der Waals surface area (Å²) in [4.78, 5) is 12.6. The fraction of sp³-hybridized carbons (Fsp3) is 0.464. The highest BCUT2D eigenvalue weighted by Gasteiger charge is 2.37. The molecule has 0 fully saturated rings. The molecule has 0 aliphatic rings. The molecule has 0 aromatic heterocycles. The molecule has 2 aromatic carbocycles. The Balaban J connectivity index is 1.90. The van der Waals surface area contributed by atoms with Crippen LogP contribution in [-0.2, 0) is 19.6 Å². The fourth-order valence-electron chi connectivity index (χ4n) is 3.78. The lowest BCUT2D eigenvalue weighted by Gasteiger charge is -2.35. The van der Waals surface area contributed by atoms with Gasteiger partial charge in [0.15, 0.2) is 0 Å². The van der Waals surface area contributed by atoms with Crippen LogP contribution < -0.4 is 9.88 Å². The van der Waals surface area contributed by atoms with Gasteiger partial charge in [0.05, 0.1) is 10.3 Å². The average Bonchev–Trinajstić information content (AvgIpc) is 2.70. The highest BCUT2D eigenvalue weighted by molar-refractivity contribution is 7.89. The molecule has 0 unspecified atom stereocenters. The maximum Gasteiger partial charge on any atom is 0.312 e. The molecule has 0 amide bonds. The van der Waals surface area contributed by atoms with Crippen molar-refractivity contribution in [2.45, 2.75) is 78.2 Å². The number of esters is 1. The molecule has 0 saturated carbocycles. The number of sulfonamides is 1. The van der Waals surface area contributed by atoms with Gasteiger partial charge >= 0.3 is 5.97 Å². The molecule has 0 saturated heterocycles. The maximum atomic E-state index is 12.6. The first-order valence-corrected chi connectivity index (χ1v) is 13.1. The molecule has 0 radical (unpaired) electrons. The van der Waals surface area contributed by atoms with Crippen LogP contribution in [0.25, 0.3) is 0 Å². The van der Waals surface area contributed by atoms with Gasteiger partial charge in [-0.1, -0.05) is 25.7 Å². The second-order valence-corrected chi connectivity index (χ2v) is 12.7. The van der Waals surface area contributed by atoms with E-state index in [0.29, 0.717) is 24.3 Å². The lowest BCUT2D eigenvalue weighted by atomic mass is 9.73. The minimum Gasteiger partial charge on any atom is -0.460 e. The van der Waals surface area contributed by atoms with Crippen molar-refractivity contribution >= 4 is 16.0 Å². The molecule has 0 spiro atoms. The van der Waals surface area contributed by atoms with E-state index in [0.717, 1.165) is 12.0 Å². The minimum atomic E-state index is -3.73. The number of rotatable bonds is 8. The predicted molar refractivity (Wildman–Crippen MR) is 138 cm³/mol. The van der Waals surface area contributed by atoms with E-state index in [1.54, 1.807) is 12.1 Å². The van der Waals surface area contributed by atoms with Gasteiger partial charge in [0.2, 0.25) is 10.0 Å². The van der Waals surface area contributed by atoms with Gasteiger partial charge in [0, 0.05) is 12.0 Å². The van der Waals surface area contributed by atoms with Crippen molar-refractivity contribution in [1.29, 1.82) is 0 Å². The molecule has 35 heavy (non-hydrogen) atoms. The van der Waals surface area contributed by atoms with Crippen LogP contribution in [0.1, 0.15) is 73.3 Å². The number of ether oxygens (including phenoxy) is 2. The van der Waals surface area contributed by atoms with E-state index >= 15 is 0 Å². The molecule has 0 aliphatic carbocycles. The van der Waals surface area contributed by atoms with Gasteiger partial charge < -0.3 is 9.47 Å². The number of hydrogen-bond acceptors (Lipinski definition) is 5. The van der Waals surface area contributed by atoms with Crippen LogP contribution >= 0.6 is 0 Å². The zero-order valence-corrected chi connectivity index (χ0v) is 22.6. The summed E-state index contributed by atoms with van der Waals surface area (Å²) in [6, 6.07) is 13.3. The second-order valence-electron chi connectivity index (χ2n) is 11.2. The van der Waals surface area contributed by atoms with Crippen molar-refractivity contribution < 1.29 is 22.7 Å². The summed E-state index contributed by atoms with van der Waals surface area (Å²) in [6.07, 6.45) is 2.29. The van der Waals surface area contributed by atoms with Crippen LogP contribution in [0.2, 0.25) is 0 Å². The lowest BCUT2D eigenvalue weighted by molar-refractivity contribution is -0.167. The van der Waals surface area contributed by atoms with Gasteiger partial charge in [0.1, 0.15) is 17.1 Å². The molecular weight excluding hydrogens is 462 g/mol. The second kappa shape index (κ2) is 10.8. The number of hydrogen-bond donors (Lipinski definition) is 1. The number of benzene rings is 2. The molecule has 0 atom stereocenters. The van der Waals surface area contributed by atoms with E-state index < -0.39 is 21.0 Å². The van der Waals surface area contributed by atoms with Crippen molar-refractivity contribution in [3.63, 3.8) is 0 Å². The molecular formula is C28H37NO5S. The van der Waals surface area contributed by atoms with E-state index in [9.17, 15) is 13.2 Å². The van der Waals surface area contributed by atoms with Gasteiger partial charge in [-0.25, -0.2) is 13.6 Å². The molecule has 2 rings (SSSR count). The topological polar surface area (TPSA) is 95.7 Å². The van der Waals surface area contributed by atoms with Crippen molar-refractivity contribution in [3.05, 3.63) is 54.1 Å². The first kappa shape index (κ1) is 28.4. The number of primary sulfonamides is 1. The summed E-state index contributed by atoms with van der Waals surface area (Å²) in [7, 11) is -3.73. The molecule has 0 heterocycles. The summed E-state index contributed by atoms with van der Waals surface area (Å²) in [5.74, 6) is 7.34. The van der Waals surface area contributed by atoms with Crippen molar-refractivity contribution in [1.82, 2.24) is 0 Å². The summed E-state index contributed by atoms with van der Waals surface area (Å²) in [5, 5.41) is 5.11. The Bertz CT molecular complexity index is 1180. The standard InChI is InChI=1S/C28H37NO5S/c1-26(2,3)34-25(30)28(6,7)20-27(4,5)19-9-8-10-21-11-13-22(14-12-21)33-23-15-17-24(18-16-23)35(29,31)32/h11-18H,9,19-20H2,1-7H3,(H2,29,31,32). The van der Waals surface area contributed by atoms with E-state index in [1.165, 1.54) is 12.1 Å². The SMILES string of the molecule is CC(C)(CCC#Cc1ccc(Oc2ccc(S(N)(=O)=O)cc2)cc1)CC(C)(C)C(=O)OC(C)(C)C. The first-order valence-electron chi connectivity index (χ1n) is 11.6. The number of carbonyl (C=O) groups excluding carboxylic acids is 1. The minimum absolute atomic E-state index is 0.0343. The van der Waals surface area contributed by atoms with Crippen molar-refractivity contribution in [3.8, 4) is 23.3 Å². The van der Waals surface area contributed by atoms with E-state index in [4.69, 9.17) is 14.6 Å².